The van der Waals surface area contributed by atoms with Crippen LogP contribution in [0.25, 0.3) is 0 Å². The van der Waals surface area contributed by atoms with Crippen molar-refractivity contribution in [2.75, 3.05) is 13.2 Å². The van der Waals surface area contributed by atoms with Crippen LogP contribution in [-0.2, 0) is 11.2 Å². The molecule has 20 heavy (non-hydrogen) atoms. The maximum Gasteiger partial charge on any atom is 0.0947 e. The van der Waals surface area contributed by atoms with Crippen LogP contribution in [-0.4, -0.2) is 30.3 Å². The average molecular weight is 296 g/mol. The zero-order chi connectivity index (χ0) is 14.5. The normalized spacial score (nSPS) is 18.2. The Kier molecular flexibility index (Phi) is 6.00. The molecule has 1 aromatic rings. The number of hydrogen-bond donors (Lipinski definition) is 1. The highest BCUT2D eigenvalue weighted by atomic mass is 32.1. The van der Waals surface area contributed by atoms with Crippen molar-refractivity contribution in [3.8, 4) is 0 Å². The van der Waals surface area contributed by atoms with Gasteiger partial charge in [-0.25, -0.2) is 4.98 Å². The zero-order valence-electron chi connectivity index (χ0n) is 13.2. The third kappa shape index (κ3) is 4.27. The molecule has 0 saturated heterocycles. The molecule has 114 valence electrons. The number of nitrogens with one attached hydrogen (secondary N) is 1. The molecule has 4 heteroatoms. The lowest BCUT2D eigenvalue weighted by atomic mass is 10.0. The number of rotatable bonds is 9. The van der Waals surface area contributed by atoms with Gasteiger partial charge in [-0.05, 0) is 52.5 Å². The van der Waals surface area contributed by atoms with Gasteiger partial charge < -0.3 is 10.1 Å². The lowest BCUT2D eigenvalue weighted by molar-refractivity contribution is 0.0192. The van der Waals surface area contributed by atoms with E-state index in [9.17, 15) is 0 Å². The van der Waals surface area contributed by atoms with E-state index >= 15 is 0 Å². The van der Waals surface area contributed by atoms with Crippen LogP contribution in [0.5, 0.6) is 0 Å². The van der Waals surface area contributed by atoms with Crippen molar-refractivity contribution in [1.29, 1.82) is 0 Å². The van der Waals surface area contributed by atoms with Crippen LogP contribution in [0.2, 0.25) is 0 Å². The topological polar surface area (TPSA) is 34.2 Å². The van der Waals surface area contributed by atoms with E-state index in [1.807, 2.05) is 11.3 Å². The predicted molar refractivity (Wildman–Crippen MR) is 85.5 cm³/mol. The molecule has 1 aliphatic rings. The van der Waals surface area contributed by atoms with Gasteiger partial charge >= 0.3 is 0 Å². The first kappa shape index (κ1) is 15.9. The van der Waals surface area contributed by atoms with E-state index in [1.165, 1.54) is 28.4 Å². The molecule has 1 fully saturated rings. The van der Waals surface area contributed by atoms with E-state index < -0.39 is 0 Å². The highest BCUT2D eigenvalue weighted by molar-refractivity contribution is 7.11. The first-order valence-electron chi connectivity index (χ1n) is 7.93. The Bertz CT molecular complexity index is 395. The molecule has 1 aromatic heterocycles. The Morgan fingerprint density at radius 3 is 2.60 bits per heavy atom. The smallest absolute Gasteiger partial charge is 0.0947 e. The number of thiazole rings is 1. The van der Waals surface area contributed by atoms with Crippen LogP contribution in [0.1, 0.15) is 48.7 Å². The van der Waals surface area contributed by atoms with Crippen molar-refractivity contribution in [1.82, 2.24) is 10.3 Å². The molecule has 1 heterocycles. The van der Waals surface area contributed by atoms with Gasteiger partial charge in [0.25, 0.3) is 0 Å². The summed E-state index contributed by atoms with van der Waals surface area (Å²) in [4.78, 5) is 6.04. The Hall–Kier alpha value is -0.450. The Morgan fingerprint density at radius 1 is 1.35 bits per heavy atom. The molecule has 2 unspecified atom stereocenters. The predicted octanol–water partition coefficient (Wildman–Crippen LogP) is 3.49. The zero-order valence-corrected chi connectivity index (χ0v) is 14.1. The Balaban J connectivity index is 2.04. The number of aromatic nitrogens is 1. The van der Waals surface area contributed by atoms with E-state index in [-0.39, 0.29) is 0 Å². The fourth-order valence-electron chi connectivity index (χ4n) is 2.65. The van der Waals surface area contributed by atoms with Crippen molar-refractivity contribution in [3.63, 3.8) is 0 Å². The second-order valence-electron chi connectivity index (χ2n) is 5.77. The molecule has 1 N–H and O–H groups in total. The van der Waals surface area contributed by atoms with Gasteiger partial charge in [0.05, 0.1) is 16.8 Å². The van der Waals surface area contributed by atoms with Gasteiger partial charge in [-0.15, -0.1) is 11.3 Å². The van der Waals surface area contributed by atoms with Crippen LogP contribution in [0, 0.1) is 19.8 Å². The lowest BCUT2D eigenvalue weighted by Crippen LogP contribution is -2.44. The van der Waals surface area contributed by atoms with Crippen LogP contribution in [0.4, 0.5) is 0 Å². The summed E-state index contributed by atoms with van der Waals surface area (Å²) in [6, 6.07) is 0.410. The van der Waals surface area contributed by atoms with Gasteiger partial charge in [-0.1, -0.05) is 6.92 Å². The second-order valence-corrected chi connectivity index (χ2v) is 7.06. The van der Waals surface area contributed by atoms with Crippen molar-refractivity contribution >= 4 is 11.3 Å². The van der Waals surface area contributed by atoms with E-state index in [1.54, 1.807) is 0 Å². The summed E-state index contributed by atoms with van der Waals surface area (Å²) in [5, 5.41) is 4.94. The van der Waals surface area contributed by atoms with Crippen LogP contribution in [0.15, 0.2) is 0 Å². The molecule has 0 radical (unpaired) electrons. The van der Waals surface area contributed by atoms with Crippen molar-refractivity contribution in [3.05, 3.63) is 15.6 Å². The summed E-state index contributed by atoms with van der Waals surface area (Å²) in [5.41, 5.74) is 1.18. The number of ether oxygens (including phenoxy) is 1. The molecular formula is C16H28N2OS. The molecule has 0 bridgehead atoms. The SMILES string of the molecule is CCCNC(Cc1nc(C)c(C)s1)C(OCC)C1CC1. The molecule has 0 spiro atoms. The van der Waals surface area contributed by atoms with Gasteiger partial charge in [0.15, 0.2) is 0 Å². The Labute approximate surface area is 127 Å². The summed E-state index contributed by atoms with van der Waals surface area (Å²) in [6.07, 6.45) is 5.17. The molecule has 2 rings (SSSR count). The van der Waals surface area contributed by atoms with Gasteiger partial charge in [-0.2, -0.15) is 0 Å². The molecule has 1 saturated carbocycles. The number of hydrogen-bond acceptors (Lipinski definition) is 4. The van der Waals surface area contributed by atoms with Gasteiger partial charge in [0.2, 0.25) is 0 Å². The third-order valence-corrected chi connectivity index (χ3v) is 5.06. The standard InChI is InChI=1S/C16H28N2OS/c1-5-9-17-14(16(19-6-2)13-7-8-13)10-15-18-11(3)12(4)20-15/h13-14,16-17H,5-10H2,1-4H3. The van der Waals surface area contributed by atoms with Crippen molar-refractivity contribution in [2.45, 2.75) is 65.5 Å². The highest BCUT2D eigenvalue weighted by Gasteiger charge is 2.37. The van der Waals surface area contributed by atoms with Crippen molar-refractivity contribution in [2.24, 2.45) is 5.92 Å². The monoisotopic (exact) mass is 296 g/mol. The van der Waals surface area contributed by atoms with Gasteiger partial charge in [0.1, 0.15) is 0 Å². The fraction of sp³-hybridized carbons (Fsp3) is 0.812. The maximum absolute atomic E-state index is 6.05. The highest BCUT2D eigenvalue weighted by Crippen LogP contribution is 2.36. The quantitative estimate of drug-likeness (QED) is 0.757. The Morgan fingerprint density at radius 2 is 2.10 bits per heavy atom. The second kappa shape index (κ2) is 7.53. The van der Waals surface area contributed by atoms with Crippen LogP contribution >= 0.6 is 11.3 Å². The first-order chi connectivity index (χ1) is 9.65. The van der Waals surface area contributed by atoms with Gasteiger partial charge in [0, 0.05) is 23.9 Å². The molecule has 3 nitrogen and oxygen atoms in total. The average Bonchev–Trinajstić information content (AvgIpc) is 3.20. The summed E-state index contributed by atoms with van der Waals surface area (Å²) in [5.74, 6) is 0.756. The molecule has 2 atom stereocenters. The molecule has 0 aliphatic heterocycles. The first-order valence-corrected chi connectivity index (χ1v) is 8.75. The number of nitrogens with zero attached hydrogens (tertiary/aromatic N) is 1. The van der Waals surface area contributed by atoms with E-state index in [0.29, 0.717) is 12.1 Å². The maximum atomic E-state index is 6.05. The molecule has 1 aliphatic carbocycles. The van der Waals surface area contributed by atoms with Crippen LogP contribution in [0.3, 0.4) is 0 Å². The van der Waals surface area contributed by atoms with E-state index in [4.69, 9.17) is 9.72 Å². The third-order valence-electron chi connectivity index (χ3n) is 3.97. The molecular weight excluding hydrogens is 268 g/mol. The van der Waals surface area contributed by atoms with E-state index in [0.717, 1.165) is 31.9 Å². The summed E-state index contributed by atoms with van der Waals surface area (Å²) >= 11 is 1.84. The summed E-state index contributed by atoms with van der Waals surface area (Å²) < 4.78 is 6.05. The lowest BCUT2D eigenvalue weighted by Gasteiger charge is -2.27. The molecule has 0 aromatic carbocycles. The molecule has 0 amide bonds. The minimum atomic E-state index is 0.357. The summed E-state index contributed by atoms with van der Waals surface area (Å²) in [6.45, 7) is 10.4. The summed E-state index contributed by atoms with van der Waals surface area (Å²) in [7, 11) is 0. The fourth-order valence-corrected chi connectivity index (χ4v) is 3.64. The van der Waals surface area contributed by atoms with Crippen molar-refractivity contribution < 1.29 is 4.74 Å². The van der Waals surface area contributed by atoms with E-state index in [2.05, 4.69) is 33.0 Å². The largest absolute Gasteiger partial charge is 0.377 e. The minimum Gasteiger partial charge on any atom is -0.377 e. The van der Waals surface area contributed by atoms with Gasteiger partial charge in [-0.3, -0.25) is 0 Å². The number of aryl methyl sites for hydroxylation is 2. The minimum absolute atomic E-state index is 0.357. The van der Waals surface area contributed by atoms with Crippen LogP contribution < -0.4 is 5.32 Å².